The normalized spacial score (nSPS) is 26.3. The van der Waals surface area contributed by atoms with E-state index in [2.05, 4.69) is 4.98 Å². The van der Waals surface area contributed by atoms with Gasteiger partial charge in [0.25, 0.3) is 5.91 Å². The highest BCUT2D eigenvalue weighted by Crippen LogP contribution is 2.41. The summed E-state index contributed by atoms with van der Waals surface area (Å²) in [4.78, 5) is 33.6. The summed E-state index contributed by atoms with van der Waals surface area (Å²) >= 11 is 0. The Balaban J connectivity index is 1.18. The molecule has 0 spiro atoms. The first kappa shape index (κ1) is 19.4. The maximum absolute atomic E-state index is 13.0. The zero-order valence-corrected chi connectivity index (χ0v) is 17.6. The van der Waals surface area contributed by atoms with Gasteiger partial charge in [-0.2, -0.15) is 0 Å². The highest BCUT2D eigenvalue weighted by molar-refractivity contribution is 5.91. The first-order chi connectivity index (χ1) is 14.6. The molecule has 0 aromatic carbocycles. The van der Waals surface area contributed by atoms with E-state index in [1.54, 1.807) is 18.6 Å². The summed E-state index contributed by atoms with van der Waals surface area (Å²) in [5.74, 6) is 2.82. The van der Waals surface area contributed by atoms with E-state index in [-0.39, 0.29) is 11.8 Å². The van der Waals surface area contributed by atoms with E-state index in [0.29, 0.717) is 36.1 Å². The van der Waals surface area contributed by atoms with Crippen molar-refractivity contribution in [3.05, 3.63) is 42.4 Å². The van der Waals surface area contributed by atoms with E-state index in [4.69, 9.17) is 4.42 Å². The number of amides is 2. The fraction of sp³-hybridized carbons (Fsp3) is 0.609. The van der Waals surface area contributed by atoms with Gasteiger partial charge >= 0.3 is 0 Å². The Bertz CT molecular complexity index is 901. The molecule has 2 aromatic rings. The third-order valence-electron chi connectivity index (χ3n) is 7.45. The van der Waals surface area contributed by atoms with Crippen molar-refractivity contribution in [3.63, 3.8) is 0 Å². The monoisotopic (exact) mass is 410 g/mol. The van der Waals surface area contributed by atoms with Crippen molar-refractivity contribution in [3.8, 4) is 0 Å². The molecule has 3 heterocycles. The minimum Gasteiger partial charge on any atom is -0.454 e. The molecule has 1 aliphatic heterocycles. The molecule has 0 bridgehead atoms. The van der Waals surface area contributed by atoms with Crippen molar-refractivity contribution in [2.24, 2.45) is 17.8 Å². The Kier molecular flexibility index (Phi) is 5.13. The summed E-state index contributed by atoms with van der Waals surface area (Å²) in [5, 5.41) is 0. The summed E-state index contributed by atoms with van der Waals surface area (Å²) < 4.78 is 7.74. The molecule has 160 valence electrons. The van der Waals surface area contributed by atoms with Crippen LogP contribution in [0.5, 0.6) is 0 Å². The summed E-state index contributed by atoms with van der Waals surface area (Å²) in [6, 6.07) is 3.98. The third kappa shape index (κ3) is 3.66. The van der Waals surface area contributed by atoms with Gasteiger partial charge in [0.2, 0.25) is 5.91 Å². The molecule has 2 aromatic heterocycles. The van der Waals surface area contributed by atoms with Gasteiger partial charge in [0.05, 0.1) is 12.9 Å². The van der Waals surface area contributed by atoms with Crippen LogP contribution < -0.4 is 0 Å². The third-order valence-corrected chi connectivity index (χ3v) is 7.45. The maximum atomic E-state index is 13.0. The molecule has 3 aliphatic rings. The molecule has 3 fully saturated rings. The van der Waals surface area contributed by atoms with E-state index < -0.39 is 0 Å². The number of hydrogen-bond donors (Lipinski definition) is 0. The number of furan rings is 1. The summed E-state index contributed by atoms with van der Waals surface area (Å²) in [6.07, 6.45) is 11.7. The molecule has 0 N–H and O–H groups in total. The van der Waals surface area contributed by atoms with Crippen molar-refractivity contribution in [1.29, 1.82) is 0 Å². The molecule has 0 radical (unpaired) electrons. The molecule has 1 saturated heterocycles. The van der Waals surface area contributed by atoms with Crippen LogP contribution in [0.4, 0.5) is 0 Å². The Morgan fingerprint density at radius 1 is 1.20 bits per heavy atom. The molecule has 0 unspecified atom stereocenters. The van der Waals surface area contributed by atoms with E-state index in [1.165, 1.54) is 6.42 Å². The zero-order valence-electron chi connectivity index (χ0n) is 17.6. The van der Waals surface area contributed by atoms with Crippen molar-refractivity contribution < 1.29 is 14.0 Å². The number of likely N-dealkylation sites (tertiary alicyclic amines) is 1. The van der Waals surface area contributed by atoms with Gasteiger partial charge in [-0.25, -0.2) is 4.98 Å². The Labute approximate surface area is 177 Å². The number of rotatable bonds is 5. The summed E-state index contributed by atoms with van der Waals surface area (Å²) in [6.45, 7) is 2.11. The molecular weight excluding hydrogens is 380 g/mol. The lowest BCUT2D eigenvalue weighted by molar-refractivity contribution is -0.138. The van der Waals surface area contributed by atoms with Crippen LogP contribution in [-0.2, 0) is 11.3 Å². The molecule has 7 nitrogen and oxygen atoms in total. The van der Waals surface area contributed by atoms with E-state index in [1.807, 2.05) is 33.7 Å². The van der Waals surface area contributed by atoms with Crippen LogP contribution in [0.2, 0.25) is 0 Å². The lowest BCUT2D eigenvalue weighted by atomic mass is 9.84. The van der Waals surface area contributed by atoms with Crippen LogP contribution in [-0.4, -0.2) is 57.3 Å². The standard InChI is InChI=1S/C23H30N4O3/c1-25(22(28)16-3-2-4-16)19-11-17-7-9-27(13-18(17)12-19)23(29)21-6-5-20(30-21)14-26-10-8-24-15-26/h5-6,8,10,15-19H,2-4,7,9,11-14H2,1H3/t17-,18-,19+/m1/s1. The van der Waals surface area contributed by atoms with Gasteiger partial charge in [0.15, 0.2) is 5.76 Å². The minimum atomic E-state index is -0.0207. The number of fused-ring (bicyclic) bond motifs is 1. The molecule has 30 heavy (non-hydrogen) atoms. The lowest BCUT2D eigenvalue weighted by Gasteiger charge is -2.34. The maximum Gasteiger partial charge on any atom is 0.289 e. The summed E-state index contributed by atoms with van der Waals surface area (Å²) in [5.41, 5.74) is 0. The summed E-state index contributed by atoms with van der Waals surface area (Å²) in [7, 11) is 1.98. The fourth-order valence-corrected chi connectivity index (χ4v) is 5.37. The smallest absolute Gasteiger partial charge is 0.289 e. The van der Waals surface area contributed by atoms with Crippen molar-refractivity contribution in [1.82, 2.24) is 19.4 Å². The van der Waals surface area contributed by atoms with Crippen LogP contribution in [0.15, 0.2) is 35.3 Å². The molecular formula is C23H30N4O3. The van der Waals surface area contributed by atoms with Gasteiger partial charge in [0.1, 0.15) is 5.76 Å². The van der Waals surface area contributed by atoms with Gasteiger partial charge < -0.3 is 18.8 Å². The van der Waals surface area contributed by atoms with Crippen LogP contribution >= 0.6 is 0 Å². The van der Waals surface area contributed by atoms with Crippen LogP contribution in [0, 0.1) is 17.8 Å². The van der Waals surface area contributed by atoms with Gasteiger partial charge in [-0.3, -0.25) is 9.59 Å². The number of aromatic nitrogens is 2. The number of nitrogens with zero attached hydrogens (tertiary/aromatic N) is 4. The van der Waals surface area contributed by atoms with Crippen molar-refractivity contribution in [2.45, 2.75) is 51.1 Å². The van der Waals surface area contributed by atoms with Gasteiger partial charge in [-0.15, -0.1) is 0 Å². The SMILES string of the molecule is CN(C(=O)C1CCC1)[C@H]1C[C@H]2CCN(C(=O)c3ccc(Cn4ccnc4)o3)C[C@H]2C1. The molecule has 2 aliphatic carbocycles. The molecule has 3 atom stereocenters. The quantitative estimate of drug-likeness (QED) is 0.760. The predicted octanol–water partition coefficient (Wildman–Crippen LogP) is 3.02. The molecule has 5 rings (SSSR count). The van der Waals surface area contributed by atoms with Gasteiger partial charge in [0, 0.05) is 44.5 Å². The highest BCUT2D eigenvalue weighted by atomic mass is 16.4. The van der Waals surface area contributed by atoms with E-state index in [9.17, 15) is 9.59 Å². The second-order valence-electron chi connectivity index (χ2n) is 9.26. The van der Waals surface area contributed by atoms with Crippen molar-refractivity contribution in [2.75, 3.05) is 20.1 Å². The number of carbonyl (C=O) groups excluding carboxylic acids is 2. The highest BCUT2D eigenvalue weighted by Gasteiger charge is 2.43. The Hall–Kier alpha value is -2.57. The van der Waals surface area contributed by atoms with Gasteiger partial charge in [-0.05, 0) is 56.1 Å². The van der Waals surface area contributed by atoms with Crippen molar-refractivity contribution >= 4 is 11.8 Å². The second-order valence-corrected chi connectivity index (χ2v) is 9.26. The second kappa shape index (κ2) is 7.93. The molecule has 2 amide bonds. The van der Waals surface area contributed by atoms with Gasteiger partial charge in [-0.1, -0.05) is 6.42 Å². The topological polar surface area (TPSA) is 71.6 Å². The zero-order chi connectivity index (χ0) is 20.7. The Morgan fingerprint density at radius 3 is 2.77 bits per heavy atom. The van der Waals surface area contributed by atoms with Crippen LogP contribution in [0.1, 0.15) is 54.8 Å². The molecule has 2 saturated carbocycles. The van der Waals surface area contributed by atoms with E-state index in [0.717, 1.165) is 51.0 Å². The fourth-order valence-electron chi connectivity index (χ4n) is 5.37. The van der Waals surface area contributed by atoms with Crippen LogP contribution in [0.25, 0.3) is 0 Å². The first-order valence-electron chi connectivity index (χ1n) is 11.2. The lowest BCUT2D eigenvalue weighted by Crippen LogP contribution is -2.42. The Morgan fingerprint density at radius 2 is 2.03 bits per heavy atom. The predicted molar refractivity (Wildman–Crippen MR) is 111 cm³/mol. The average molecular weight is 411 g/mol. The van der Waals surface area contributed by atoms with Crippen LogP contribution in [0.3, 0.4) is 0 Å². The molecule has 7 heteroatoms. The average Bonchev–Trinajstić information content (AvgIpc) is 3.45. The van der Waals surface area contributed by atoms with E-state index >= 15 is 0 Å². The largest absolute Gasteiger partial charge is 0.454 e. The number of hydrogen-bond acceptors (Lipinski definition) is 4. The number of carbonyl (C=O) groups is 2. The minimum absolute atomic E-state index is 0.0207. The number of piperidine rings is 1. The first-order valence-corrected chi connectivity index (χ1v) is 11.2. The number of imidazole rings is 1.